The van der Waals surface area contributed by atoms with Crippen LogP contribution in [0, 0.1) is 0 Å². The van der Waals surface area contributed by atoms with Crippen molar-refractivity contribution >= 4 is 14.6 Å². The van der Waals surface area contributed by atoms with Crippen LogP contribution >= 0.6 is 8.58 Å². The normalized spacial score (nSPS) is 11.6. The van der Waals surface area contributed by atoms with Crippen molar-refractivity contribution in [2.45, 2.75) is 58.3 Å². The maximum atomic E-state index is 11.3. The van der Waals surface area contributed by atoms with Crippen LogP contribution in [0.5, 0.6) is 0 Å². The molecule has 0 saturated heterocycles. The number of esters is 1. The monoisotopic (exact) mass is 356 g/mol. The molecular weight excluding hydrogens is 333 g/mol. The summed E-state index contributed by atoms with van der Waals surface area (Å²) in [5.41, 5.74) is 0. The van der Waals surface area contributed by atoms with E-state index in [1.165, 1.54) is 12.8 Å². The molecule has 0 aromatic heterocycles. The first-order chi connectivity index (χ1) is 10.0. The zero-order valence-corrected chi connectivity index (χ0v) is 13.7. The van der Waals surface area contributed by atoms with Crippen molar-refractivity contribution in [3.63, 3.8) is 0 Å². The third-order valence-corrected chi connectivity index (χ3v) is 3.49. The number of rotatable bonds is 8. The van der Waals surface area contributed by atoms with Crippen LogP contribution in [0.1, 0.15) is 46.0 Å². The van der Waals surface area contributed by atoms with Gasteiger partial charge in [-0.3, -0.25) is 4.79 Å². The van der Waals surface area contributed by atoms with Gasteiger partial charge in [-0.1, -0.05) is 26.2 Å². The summed E-state index contributed by atoms with van der Waals surface area (Å²) in [5.74, 6) is -0.0522. The summed E-state index contributed by atoms with van der Waals surface area (Å²) in [6.07, 6.45) is -6.47. The van der Waals surface area contributed by atoms with Crippen LogP contribution < -0.4 is 0 Å². The summed E-state index contributed by atoms with van der Waals surface area (Å²) in [6, 6.07) is 0. The maximum absolute atomic E-state index is 11.3. The van der Waals surface area contributed by atoms with Crippen molar-refractivity contribution < 1.29 is 35.9 Å². The van der Waals surface area contributed by atoms with Gasteiger partial charge in [0.1, 0.15) is 0 Å². The summed E-state index contributed by atoms with van der Waals surface area (Å²) in [4.78, 5) is 10.8. The molecule has 0 N–H and O–H groups in total. The maximum Gasteiger partial charge on any atom is 0.392 e. The fourth-order valence-corrected chi connectivity index (χ4v) is 1.97. The highest BCUT2D eigenvalue weighted by Gasteiger charge is 2.31. The number of halogens is 6. The Morgan fingerprint density at radius 3 is 1.77 bits per heavy atom. The number of alkyl halides is 6. The highest BCUT2D eigenvalue weighted by molar-refractivity contribution is 7.38. The summed E-state index contributed by atoms with van der Waals surface area (Å²) >= 11 is 0. The SMILES string of the molecule is CCCCCCC(=O)OCC.FC(F)(F)CPCC(F)(F)F. The minimum atomic E-state index is -4.47. The highest BCUT2D eigenvalue weighted by atomic mass is 31.1. The number of carbonyl (C=O) groups excluding carboxylic acids is 1. The van der Waals surface area contributed by atoms with Crippen LogP contribution in [0.4, 0.5) is 26.3 Å². The average Bonchev–Trinajstić information content (AvgIpc) is 2.32. The van der Waals surface area contributed by atoms with Gasteiger partial charge in [-0.15, -0.1) is 8.58 Å². The largest absolute Gasteiger partial charge is 0.466 e. The van der Waals surface area contributed by atoms with Gasteiger partial charge in [-0.05, 0) is 13.3 Å². The molecule has 0 aromatic carbocycles. The van der Waals surface area contributed by atoms with E-state index >= 15 is 0 Å². The molecule has 0 aliphatic heterocycles. The van der Waals surface area contributed by atoms with Crippen LogP contribution in [-0.4, -0.2) is 37.3 Å². The van der Waals surface area contributed by atoms with Crippen LogP contribution in [0.25, 0.3) is 0 Å². The van der Waals surface area contributed by atoms with E-state index in [1.54, 1.807) is 0 Å². The Morgan fingerprint density at radius 2 is 1.41 bits per heavy atom. The molecule has 0 amide bonds. The zero-order valence-electron chi connectivity index (χ0n) is 12.7. The minimum Gasteiger partial charge on any atom is -0.466 e. The average molecular weight is 356 g/mol. The van der Waals surface area contributed by atoms with E-state index in [2.05, 4.69) is 6.92 Å². The van der Waals surface area contributed by atoms with Crippen molar-refractivity contribution in [1.29, 1.82) is 0 Å². The first-order valence-corrected chi connectivity index (χ1v) is 8.43. The molecule has 134 valence electrons. The van der Waals surface area contributed by atoms with E-state index in [9.17, 15) is 31.1 Å². The molecule has 0 fully saturated rings. The smallest absolute Gasteiger partial charge is 0.392 e. The van der Waals surface area contributed by atoms with E-state index in [4.69, 9.17) is 4.74 Å². The quantitative estimate of drug-likeness (QED) is 0.255. The molecule has 9 heteroatoms. The summed E-state index contributed by atoms with van der Waals surface area (Å²) in [6.45, 7) is 4.50. The minimum absolute atomic E-state index is 0.0522. The van der Waals surface area contributed by atoms with Gasteiger partial charge in [-0.25, -0.2) is 0 Å². The van der Waals surface area contributed by atoms with Crippen molar-refractivity contribution in [2.75, 3.05) is 18.9 Å². The second kappa shape index (κ2) is 13.0. The molecular formula is C13H23F6O2P. The van der Waals surface area contributed by atoms with Gasteiger partial charge < -0.3 is 4.74 Å². The molecule has 0 aliphatic rings. The predicted molar refractivity (Wildman–Crippen MR) is 75.6 cm³/mol. The Balaban J connectivity index is 0. The lowest BCUT2D eigenvalue weighted by Crippen LogP contribution is -2.15. The molecule has 0 rings (SSSR count). The Hall–Kier alpha value is -0.520. The van der Waals surface area contributed by atoms with Gasteiger partial charge in [0, 0.05) is 6.42 Å². The van der Waals surface area contributed by atoms with Crippen LogP contribution in [-0.2, 0) is 9.53 Å². The van der Waals surface area contributed by atoms with Crippen molar-refractivity contribution in [2.24, 2.45) is 0 Å². The van der Waals surface area contributed by atoms with E-state index in [0.29, 0.717) is 13.0 Å². The van der Waals surface area contributed by atoms with Crippen LogP contribution in [0.3, 0.4) is 0 Å². The van der Waals surface area contributed by atoms with Gasteiger partial charge in [0.15, 0.2) is 0 Å². The summed E-state index contributed by atoms with van der Waals surface area (Å²) in [7, 11) is -1.11. The molecule has 0 aliphatic carbocycles. The summed E-state index contributed by atoms with van der Waals surface area (Å²) in [5, 5.41) is 0. The molecule has 0 bridgehead atoms. The molecule has 0 unspecified atom stereocenters. The fourth-order valence-electron chi connectivity index (χ4n) is 1.28. The second-order valence-electron chi connectivity index (χ2n) is 4.45. The van der Waals surface area contributed by atoms with Gasteiger partial charge in [0.05, 0.1) is 18.9 Å². The molecule has 0 saturated carbocycles. The third-order valence-electron chi connectivity index (χ3n) is 2.19. The van der Waals surface area contributed by atoms with Crippen molar-refractivity contribution in [1.82, 2.24) is 0 Å². The Kier molecular flexibility index (Phi) is 14.0. The van der Waals surface area contributed by atoms with E-state index in [-0.39, 0.29) is 5.97 Å². The van der Waals surface area contributed by atoms with E-state index < -0.39 is 33.3 Å². The number of ether oxygens (including phenoxy) is 1. The molecule has 22 heavy (non-hydrogen) atoms. The lowest BCUT2D eigenvalue weighted by molar-refractivity contribution is -0.143. The van der Waals surface area contributed by atoms with Crippen molar-refractivity contribution in [3.8, 4) is 0 Å². The molecule has 0 atom stereocenters. The topological polar surface area (TPSA) is 26.3 Å². The van der Waals surface area contributed by atoms with Crippen LogP contribution in [0.15, 0.2) is 0 Å². The van der Waals surface area contributed by atoms with Crippen molar-refractivity contribution in [3.05, 3.63) is 0 Å². The first-order valence-electron chi connectivity index (χ1n) is 7.01. The molecule has 0 heterocycles. The van der Waals surface area contributed by atoms with Crippen LogP contribution in [0.2, 0.25) is 0 Å². The van der Waals surface area contributed by atoms with Gasteiger partial charge in [0.2, 0.25) is 0 Å². The molecule has 0 radical (unpaired) electrons. The number of carbonyl (C=O) groups is 1. The van der Waals surface area contributed by atoms with Gasteiger partial charge >= 0.3 is 18.3 Å². The number of hydrogen-bond donors (Lipinski definition) is 0. The van der Waals surface area contributed by atoms with E-state index in [0.717, 1.165) is 12.8 Å². The molecule has 0 spiro atoms. The Labute approximate surface area is 128 Å². The number of hydrogen-bond acceptors (Lipinski definition) is 2. The third kappa shape index (κ3) is 24.5. The predicted octanol–water partition coefficient (Wildman–Crippen LogP) is 5.31. The zero-order chi connectivity index (χ0) is 17.6. The lowest BCUT2D eigenvalue weighted by Gasteiger charge is -2.07. The lowest BCUT2D eigenvalue weighted by atomic mass is 10.2. The summed E-state index contributed by atoms with van der Waals surface area (Å²) < 4.78 is 72.4. The number of unbranched alkanes of at least 4 members (excludes halogenated alkanes) is 3. The second-order valence-corrected chi connectivity index (χ2v) is 5.66. The van der Waals surface area contributed by atoms with E-state index in [1.807, 2.05) is 6.92 Å². The Morgan fingerprint density at radius 1 is 0.909 bits per heavy atom. The molecule has 0 aromatic rings. The van der Waals surface area contributed by atoms with Gasteiger partial charge in [-0.2, -0.15) is 26.3 Å². The standard InChI is InChI=1S/C9H18O2.C4H5F6P/c1-3-5-6-7-8-9(10)11-4-2;5-3(6,7)1-11-2-4(8,9)10/h3-8H2,1-2H3;11H,1-2H2. The Bertz CT molecular complexity index is 265. The highest BCUT2D eigenvalue weighted by Crippen LogP contribution is 2.30. The van der Waals surface area contributed by atoms with Gasteiger partial charge in [0.25, 0.3) is 0 Å². The first kappa shape index (κ1) is 23.7. The fraction of sp³-hybridized carbons (Fsp3) is 0.923. The molecule has 2 nitrogen and oxygen atoms in total.